The first-order valence-electron chi connectivity index (χ1n) is 10.8. The summed E-state index contributed by atoms with van der Waals surface area (Å²) in [6, 6.07) is 17.0. The van der Waals surface area contributed by atoms with Crippen molar-refractivity contribution in [3.8, 4) is 11.8 Å². The molecule has 1 fully saturated rings. The predicted molar refractivity (Wildman–Crippen MR) is 120 cm³/mol. The van der Waals surface area contributed by atoms with Crippen molar-refractivity contribution in [1.82, 2.24) is 4.90 Å². The monoisotopic (exact) mass is 419 g/mol. The highest BCUT2D eigenvalue weighted by atomic mass is 16.5. The van der Waals surface area contributed by atoms with Gasteiger partial charge in [0.25, 0.3) is 5.91 Å². The van der Waals surface area contributed by atoms with Gasteiger partial charge in [0.1, 0.15) is 5.75 Å². The van der Waals surface area contributed by atoms with Crippen LogP contribution in [0.1, 0.15) is 42.1 Å². The topological polar surface area (TPSA) is 73.6 Å². The standard InChI is InChI=1S/C25H29N3O3/c1-3-31-23-13-11-22(12-14-23)28(17-5-15-26)25(30)21-6-4-16-27(18-21)24(29)20-9-7-19(2)8-10-20/h7-14,21H,3-6,16-18H2,1-2H3. The normalized spacial score (nSPS) is 15.8. The van der Waals surface area contributed by atoms with Crippen molar-refractivity contribution in [1.29, 1.82) is 5.26 Å². The van der Waals surface area contributed by atoms with Gasteiger partial charge in [-0.05, 0) is 63.1 Å². The number of rotatable bonds is 7. The van der Waals surface area contributed by atoms with E-state index in [0.29, 0.717) is 31.8 Å². The molecule has 6 nitrogen and oxygen atoms in total. The Labute approximate surface area is 184 Å². The molecule has 1 heterocycles. The van der Waals surface area contributed by atoms with Crippen LogP contribution in [0.5, 0.6) is 5.75 Å². The van der Waals surface area contributed by atoms with Crippen LogP contribution >= 0.6 is 0 Å². The summed E-state index contributed by atoms with van der Waals surface area (Å²) in [5.74, 6) is 0.378. The second kappa shape index (κ2) is 10.6. The fourth-order valence-corrected chi connectivity index (χ4v) is 3.88. The maximum atomic E-state index is 13.4. The van der Waals surface area contributed by atoms with Gasteiger partial charge in [-0.2, -0.15) is 5.26 Å². The first-order valence-corrected chi connectivity index (χ1v) is 10.8. The molecule has 0 bridgehead atoms. The van der Waals surface area contributed by atoms with E-state index in [9.17, 15) is 9.59 Å². The Kier molecular flexibility index (Phi) is 7.66. The average Bonchev–Trinajstić information content (AvgIpc) is 2.80. The van der Waals surface area contributed by atoms with E-state index in [1.807, 2.05) is 62.4 Å². The molecule has 1 atom stereocenters. The molecule has 0 spiro atoms. The third kappa shape index (κ3) is 5.64. The zero-order chi connectivity index (χ0) is 22.2. The lowest BCUT2D eigenvalue weighted by Gasteiger charge is -2.35. The number of likely N-dealkylation sites (tertiary alicyclic amines) is 1. The fraction of sp³-hybridized carbons (Fsp3) is 0.400. The van der Waals surface area contributed by atoms with Crippen molar-refractivity contribution in [3.05, 3.63) is 59.7 Å². The van der Waals surface area contributed by atoms with Crippen LogP contribution < -0.4 is 9.64 Å². The zero-order valence-electron chi connectivity index (χ0n) is 18.2. The third-order valence-corrected chi connectivity index (χ3v) is 5.53. The van der Waals surface area contributed by atoms with Gasteiger partial charge in [0.2, 0.25) is 5.91 Å². The number of nitriles is 1. The minimum absolute atomic E-state index is 0.0397. The van der Waals surface area contributed by atoms with E-state index in [-0.39, 0.29) is 24.2 Å². The SMILES string of the molecule is CCOc1ccc(N(CCC#N)C(=O)C2CCCN(C(=O)c3ccc(C)cc3)C2)cc1. The molecule has 1 aliphatic rings. The Hall–Kier alpha value is -3.33. The van der Waals surface area contributed by atoms with Gasteiger partial charge in [0.05, 0.1) is 25.0 Å². The molecule has 162 valence electrons. The van der Waals surface area contributed by atoms with Gasteiger partial charge in [-0.1, -0.05) is 17.7 Å². The lowest BCUT2D eigenvalue weighted by molar-refractivity contribution is -0.123. The minimum atomic E-state index is -0.284. The van der Waals surface area contributed by atoms with Crippen LogP contribution in [0.25, 0.3) is 0 Å². The molecule has 0 N–H and O–H groups in total. The summed E-state index contributed by atoms with van der Waals surface area (Å²) in [6.07, 6.45) is 1.76. The van der Waals surface area contributed by atoms with Crippen molar-refractivity contribution in [2.75, 3.05) is 31.1 Å². The summed E-state index contributed by atoms with van der Waals surface area (Å²) in [6.45, 7) is 5.85. The molecule has 1 saturated heterocycles. The Morgan fingerprint density at radius 3 is 2.52 bits per heavy atom. The van der Waals surface area contributed by atoms with Crippen LogP contribution in [0, 0.1) is 24.2 Å². The molecule has 0 aliphatic carbocycles. The van der Waals surface area contributed by atoms with E-state index in [1.165, 1.54) is 0 Å². The van der Waals surface area contributed by atoms with Gasteiger partial charge in [0.15, 0.2) is 0 Å². The molecule has 2 aromatic carbocycles. The number of hydrogen-bond donors (Lipinski definition) is 0. The molecule has 3 rings (SSSR count). The summed E-state index contributed by atoms with van der Waals surface area (Å²) in [7, 11) is 0. The van der Waals surface area contributed by atoms with Crippen LogP contribution in [0.3, 0.4) is 0 Å². The van der Waals surface area contributed by atoms with Gasteiger partial charge < -0.3 is 14.5 Å². The predicted octanol–water partition coefficient (Wildman–Crippen LogP) is 4.19. The maximum Gasteiger partial charge on any atom is 0.253 e. The van der Waals surface area contributed by atoms with Gasteiger partial charge in [0, 0.05) is 30.9 Å². The first kappa shape index (κ1) is 22.4. The summed E-state index contributed by atoms with van der Waals surface area (Å²) < 4.78 is 5.49. The van der Waals surface area contributed by atoms with E-state index in [4.69, 9.17) is 10.00 Å². The number of hydrogen-bond acceptors (Lipinski definition) is 4. The van der Waals surface area contributed by atoms with E-state index in [2.05, 4.69) is 6.07 Å². The van der Waals surface area contributed by atoms with Gasteiger partial charge in [-0.15, -0.1) is 0 Å². The number of nitrogens with zero attached hydrogens (tertiary/aromatic N) is 3. The quantitative estimate of drug-likeness (QED) is 0.674. The highest BCUT2D eigenvalue weighted by Crippen LogP contribution is 2.26. The highest BCUT2D eigenvalue weighted by molar-refractivity contribution is 5.97. The molecule has 1 unspecified atom stereocenters. The summed E-state index contributed by atoms with van der Waals surface area (Å²) in [5, 5.41) is 9.07. The molecule has 1 aliphatic heterocycles. The van der Waals surface area contributed by atoms with Crippen molar-refractivity contribution >= 4 is 17.5 Å². The van der Waals surface area contributed by atoms with Crippen LogP contribution in [-0.2, 0) is 4.79 Å². The number of benzene rings is 2. The van der Waals surface area contributed by atoms with Crippen molar-refractivity contribution in [3.63, 3.8) is 0 Å². The Morgan fingerprint density at radius 2 is 1.87 bits per heavy atom. The van der Waals surface area contributed by atoms with Crippen LogP contribution in [0.2, 0.25) is 0 Å². The second-order valence-electron chi connectivity index (χ2n) is 7.78. The highest BCUT2D eigenvalue weighted by Gasteiger charge is 2.32. The minimum Gasteiger partial charge on any atom is -0.494 e. The van der Waals surface area contributed by atoms with Gasteiger partial charge in [-0.3, -0.25) is 9.59 Å². The molecule has 2 aromatic rings. The number of amides is 2. The first-order chi connectivity index (χ1) is 15.0. The lowest BCUT2D eigenvalue weighted by atomic mass is 9.95. The number of anilines is 1. The lowest BCUT2D eigenvalue weighted by Crippen LogP contribution is -2.47. The number of carbonyl (C=O) groups excluding carboxylic acids is 2. The number of aryl methyl sites for hydroxylation is 1. The number of ether oxygens (including phenoxy) is 1. The number of piperidine rings is 1. The summed E-state index contributed by atoms with van der Waals surface area (Å²) in [4.78, 5) is 29.8. The molecule has 6 heteroatoms. The van der Waals surface area contributed by atoms with Crippen molar-refractivity contribution in [2.45, 2.75) is 33.1 Å². The smallest absolute Gasteiger partial charge is 0.253 e. The van der Waals surface area contributed by atoms with Crippen molar-refractivity contribution < 1.29 is 14.3 Å². The van der Waals surface area contributed by atoms with E-state index < -0.39 is 0 Å². The largest absolute Gasteiger partial charge is 0.494 e. The molecule has 0 aromatic heterocycles. The van der Waals surface area contributed by atoms with E-state index in [0.717, 1.165) is 29.8 Å². The Bertz CT molecular complexity index is 932. The van der Waals surface area contributed by atoms with Crippen LogP contribution in [-0.4, -0.2) is 43.0 Å². The van der Waals surface area contributed by atoms with E-state index in [1.54, 1.807) is 9.80 Å². The second-order valence-corrected chi connectivity index (χ2v) is 7.78. The zero-order valence-corrected chi connectivity index (χ0v) is 18.2. The Balaban J connectivity index is 1.74. The average molecular weight is 420 g/mol. The molecule has 31 heavy (non-hydrogen) atoms. The molecular weight excluding hydrogens is 390 g/mol. The summed E-state index contributed by atoms with van der Waals surface area (Å²) in [5.41, 5.74) is 2.49. The summed E-state index contributed by atoms with van der Waals surface area (Å²) >= 11 is 0. The molecular formula is C25H29N3O3. The molecule has 0 saturated carbocycles. The number of carbonyl (C=O) groups is 2. The van der Waals surface area contributed by atoms with Crippen LogP contribution in [0.15, 0.2) is 48.5 Å². The van der Waals surface area contributed by atoms with Gasteiger partial charge in [-0.25, -0.2) is 0 Å². The molecule has 2 amide bonds. The Morgan fingerprint density at radius 1 is 1.16 bits per heavy atom. The fourth-order valence-electron chi connectivity index (χ4n) is 3.88. The van der Waals surface area contributed by atoms with Crippen molar-refractivity contribution in [2.24, 2.45) is 5.92 Å². The maximum absolute atomic E-state index is 13.4. The van der Waals surface area contributed by atoms with E-state index >= 15 is 0 Å². The molecule has 0 radical (unpaired) electrons. The van der Waals surface area contributed by atoms with Gasteiger partial charge >= 0.3 is 0 Å². The third-order valence-electron chi connectivity index (χ3n) is 5.53. The van der Waals surface area contributed by atoms with Crippen LogP contribution in [0.4, 0.5) is 5.69 Å².